The molecular formula is C16H25N3O2. The second-order valence-electron chi connectivity index (χ2n) is 7.09. The van der Waals surface area contributed by atoms with Gasteiger partial charge in [0.2, 0.25) is 0 Å². The first-order chi connectivity index (χ1) is 9.64. The van der Waals surface area contributed by atoms with Crippen LogP contribution in [-0.2, 0) is 0 Å². The molecule has 2 rings (SSSR count). The van der Waals surface area contributed by atoms with E-state index >= 15 is 0 Å². The van der Waals surface area contributed by atoms with Gasteiger partial charge in [-0.05, 0) is 5.92 Å². The van der Waals surface area contributed by atoms with E-state index in [1.807, 2.05) is 46.6 Å². The normalized spacial score (nSPS) is 19.8. The first kappa shape index (κ1) is 15.8. The molecule has 0 saturated heterocycles. The molecule has 0 aliphatic carbocycles. The van der Waals surface area contributed by atoms with Crippen LogP contribution in [-0.4, -0.2) is 41.3 Å². The lowest BCUT2D eigenvalue weighted by Crippen LogP contribution is -2.46. The molecule has 0 fully saturated rings. The SMILES string of the molecule is CC(C)C(O)C1C=Nc2[nH]cc(C(=O)C(C)(C)C)c2N1C. The van der Waals surface area contributed by atoms with E-state index in [0.717, 1.165) is 5.69 Å². The fourth-order valence-corrected chi connectivity index (χ4v) is 2.55. The molecule has 2 heterocycles. The zero-order chi connectivity index (χ0) is 15.9. The lowest BCUT2D eigenvalue weighted by atomic mass is 9.86. The average Bonchev–Trinajstić information content (AvgIpc) is 2.80. The maximum atomic E-state index is 12.6. The van der Waals surface area contributed by atoms with Crippen LogP contribution in [0.4, 0.5) is 11.5 Å². The summed E-state index contributed by atoms with van der Waals surface area (Å²) in [6, 6.07) is -0.222. The molecule has 2 atom stereocenters. The van der Waals surface area contributed by atoms with Gasteiger partial charge in [-0.15, -0.1) is 0 Å². The van der Waals surface area contributed by atoms with Crippen molar-refractivity contribution in [1.82, 2.24) is 4.98 Å². The topological polar surface area (TPSA) is 68.7 Å². The number of aromatic nitrogens is 1. The number of nitrogens with zero attached hydrogens (tertiary/aromatic N) is 2. The monoisotopic (exact) mass is 291 g/mol. The first-order valence-electron chi connectivity index (χ1n) is 7.36. The van der Waals surface area contributed by atoms with Gasteiger partial charge in [0.25, 0.3) is 0 Å². The van der Waals surface area contributed by atoms with Gasteiger partial charge in [0.15, 0.2) is 11.6 Å². The number of aliphatic hydroxyl groups is 1. The van der Waals surface area contributed by atoms with E-state index in [4.69, 9.17) is 0 Å². The molecule has 5 nitrogen and oxygen atoms in total. The Labute approximate surface area is 126 Å². The number of nitrogens with one attached hydrogen (secondary N) is 1. The summed E-state index contributed by atoms with van der Waals surface area (Å²) in [5.41, 5.74) is 0.962. The Kier molecular flexibility index (Phi) is 3.97. The molecule has 2 unspecified atom stereocenters. The zero-order valence-electron chi connectivity index (χ0n) is 13.6. The van der Waals surface area contributed by atoms with Crippen molar-refractivity contribution in [2.75, 3.05) is 11.9 Å². The van der Waals surface area contributed by atoms with Crippen LogP contribution in [0.25, 0.3) is 0 Å². The van der Waals surface area contributed by atoms with Crippen molar-refractivity contribution in [3.63, 3.8) is 0 Å². The molecule has 1 aliphatic rings. The standard InChI is InChI=1S/C16H25N3O2/c1-9(2)13(20)11-8-18-15-12(19(11)6)10(7-17-15)14(21)16(3,4)5/h7-9,11,13,17,20H,1-6H3. The molecule has 116 valence electrons. The summed E-state index contributed by atoms with van der Waals surface area (Å²) in [5, 5.41) is 10.3. The highest BCUT2D eigenvalue weighted by Crippen LogP contribution is 2.38. The lowest BCUT2D eigenvalue weighted by Gasteiger charge is -2.35. The van der Waals surface area contributed by atoms with Gasteiger partial charge in [0.05, 0.1) is 23.4 Å². The molecule has 2 N–H and O–H groups in total. The minimum Gasteiger partial charge on any atom is -0.390 e. The van der Waals surface area contributed by atoms with Gasteiger partial charge < -0.3 is 15.0 Å². The van der Waals surface area contributed by atoms with E-state index in [9.17, 15) is 9.90 Å². The van der Waals surface area contributed by atoms with Crippen molar-refractivity contribution in [3.8, 4) is 0 Å². The van der Waals surface area contributed by atoms with E-state index in [0.29, 0.717) is 11.4 Å². The number of hydrogen-bond donors (Lipinski definition) is 2. The summed E-state index contributed by atoms with van der Waals surface area (Å²) in [4.78, 5) is 22.0. The summed E-state index contributed by atoms with van der Waals surface area (Å²) in [6.45, 7) is 9.66. The minimum atomic E-state index is -0.528. The Morgan fingerprint density at radius 3 is 2.57 bits per heavy atom. The van der Waals surface area contributed by atoms with Crippen LogP contribution in [0.2, 0.25) is 0 Å². The summed E-state index contributed by atoms with van der Waals surface area (Å²) in [5.74, 6) is 0.866. The molecule has 0 saturated carbocycles. The van der Waals surface area contributed by atoms with Gasteiger partial charge >= 0.3 is 0 Å². The molecule has 0 spiro atoms. The molecule has 1 aliphatic heterocycles. The lowest BCUT2D eigenvalue weighted by molar-refractivity contribution is 0.0858. The van der Waals surface area contributed by atoms with Crippen molar-refractivity contribution in [2.24, 2.45) is 16.3 Å². The third-order valence-electron chi connectivity index (χ3n) is 3.95. The van der Waals surface area contributed by atoms with Gasteiger partial charge in [-0.3, -0.25) is 4.79 Å². The number of carbonyl (C=O) groups is 1. The highest BCUT2D eigenvalue weighted by Gasteiger charge is 2.35. The van der Waals surface area contributed by atoms with Crippen molar-refractivity contribution >= 4 is 23.5 Å². The molecule has 1 aromatic heterocycles. The van der Waals surface area contributed by atoms with Crippen molar-refractivity contribution in [3.05, 3.63) is 11.8 Å². The van der Waals surface area contributed by atoms with Crippen molar-refractivity contribution in [2.45, 2.75) is 46.8 Å². The van der Waals surface area contributed by atoms with E-state index in [2.05, 4.69) is 9.98 Å². The van der Waals surface area contributed by atoms with Crippen LogP contribution in [0, 0.1) is 11.3 Å². The summed E-state index contributed by atoms with van der Waals surface area (Å²) in [7, 11) is 1.90. The maximum absolute atomic E-state index is 12.6. The van der Waals surface area contributed by atoms with Gasteiger partial charge in [-0.2, -0.15) is 0 Å². The largest absolute Gasteiger partial charge is 0.390 e. The number of H-pyrrole nitrogens is 1. The van der Waals surface area contributed by atoms with E-state index < -0.39 is 11.5 Å². The van der Waals surface area contributed by atoms with Gasteiger partial charge in [0.1, 0.15) is 0 Å². The summed E-state index contributed by atoms with van der Waals surface area (Å²) < 4.78 is 0. The van der Waals surface area contributed by atoms with Crippen LogP contribution < -0.4 is 4.90 Å². The smallest absolute Gasteiger partial charge is 0.171 e. The number of likely N-dealkylation sites (N-methyl/N-ethyl adjacent to an activating group) is 1. The van der Waals surface area contributed by atoms with Gasteiger partial charge in [-0.25, -0.2) is 4.99 Å². The molecule has 0 aromatic carbocycles. The number of carbonyl (C=O) groups excluding carboxylic acids is 1. The number of aromatic amines is 1. The Morgan fingerprint density at radius 2 is 2.05 bits per heavy atom. The number of Topliss-reactive ketones (excluding diaryl/α,β-unsaturated/α-hetero) is 1. The molecule has 1 aromatic rings. The summed E-state index contributed by atoms with van der Waals surface area (Å²) >= 11 is 0. The highest BCUT2D eigenvalue weighted by atomic mass is 16.3. The van der Waals surface area contributed by atoms with E-state index in [1.54, 1.807) is 12.4 Å². The van der Waals surface area contributed by atoms with E-state index in [-0.39, 0.29) is 17.7 Å². The number of fused-ring (bicyclic) bond motifs is 1. The first-order valence-corrected chi connectivity index (χ1v) is 7.36. The predicted molar refractivity (Wildman–Crippen MR) is 85.8 cm³/mol. The number of hydrogen-bond acceptors (Lipinski definition) is 4. The molecule has 0 bridgehead atoms. The summed E-state index contributed by atoms with van der Waals surface area (Å²) in [6.07, 6.45) is 2.94. The highest BCUT2D eigenvalue weighted by molar-refractivity contribution is 6.07. The predicted octanol–water partition coefficient (Wildman–Crippen LogP) is 2.78. The Morgan fingerprint density at radius 1 is 1.43 bits per heavy atom. The molecule has 21 heavy (non-hydrogen) atoms. The van der Waals surface area contributed by atoms with Crippen molar-refractivity contribution in [1.29, 1.82) is 0 Å². The van der Waals surface area contributed by atoms with E-state index in [1.165, 1.54) is 0 Å². The Hall–Kier alpha value is -1.62. The second kappa shape index (κ2) is 5.30. The van der Waals surface area contributed by atoms with Crippen molar-refractivity contribution < 1.29 is 9.90 Å². The van der Waals surface area contributed by atoms with Gasteiger partial charge in [-0.1, -0.05) is 34.6 Å². The fraction of sp³-hybridized carbons (Fsp3) is 0.625. The Bertz CT molecular complexity index is 567. The number of aliphatic hydroxyl groups excluding tert-OH is 1. The quantitative estimate of drug-likeness (QED) is 0.841. The number of aliphatic imine (C=N–C) groups is 1. The van der Waals surface area contributed by atoms with Crippen LogP contribution in [0.5, 0.6) is 0 Å². The van der Waals surface area contributed by atoms with Crippen LogP contribution >= 0.6 is 0 Å². The maximum Gasteiger partial charge on any atom is 0.171 e. The minimum absolute atomic E-state index is 0.0711. The third kappa shape index (κ3) is 2.75. The third-order valence-corrected chi connectivity index (χ3v) is 3.95. The molecule has 0 amide bonds. The molecule has 5 heteroatoms. The van der Waals surface area contributed by atoms with Crippen LogP contribution in [0.1, 0.15) is 45.0 Å². The van der Waals surface area contributed by atoms with Crippen LogP contribution in [0.15, 0.2) is 11.2 Å². The number of rotatable bonds is 3. The molecule has 0 radical (unpaired) electrons. The number of ketones is 1. The Balaban J connectivity index is 2.42. The molecular weight excluding hydrogens is 266 g/mol. The fourth-order valence-electron chi connectivity index (χ4n) is 2.55. The average molecular weight is 291 g/mol. The van der Waals surface area contributed by atoms with Gasteiger partial charge in [0, 0.05) is 24.9 Å². The van der Waals surface area contributed by atoms with Crippen LogP contribution in [0.3, 0.4) is 0 Å². The second-order valence-corrected chi connectivity index (χ2v) is 7.09. The zero-order valence-corrected chi connectivity index (χ0v) is 13.6. The number of anilines is 1.